The predicted molar refractivity (Wildman–Crippen MR) is 108 cm³/mol. The highest BCUT2D eigenvalue weighted by atomic mass is 16.7. The normalized spacial score (nSPS) is 13.4. The number of unbranched alkanes of at least 4 members (excludes halogenated alkanes) is 1. The van der Waals surface area contributed by atoms with E-state index in [-0.39, 0.29) is 22.9 Å². The Morgan fingerprint density at radius 3 is 2.69 bits per heavy atom. The van der Waals surface area contributed by atoms with Crippen molar-refractivity contribution >= 4 is 22.7 Å². The first-order valence-corrected chi connectivity index (χ1v) is 9.68. The van der Waals surface area contributed by atoms with Crippen LogP contribution in [0.1, 0.15) is 41.3 Å². The minimum Gasteiger partial charge on any atom is -0.477 e. The van der Waals surface area contributed by atoms with E-state index in [0.29, 0.717) is 12.0 Å². The average molecular weight is 394 g/mol. The van der Waals surface area contributed by atoms with Gasteiger partial charge in [0.2, 0.25) is 0 Å². The van der Waals surface area contributed by atoms with Crippen molar-refractivity contribution in [2.75, 3.05) is 11.9 Å². The summed E-state index contributed by atoms with van der Waals surface area (Å²) in [5.74, 6) is -1.31. The van der Waals surface area contributed by atoms with Crippen molar-refractivity contribution in [3.8, 4) is 0 Å². The highest BCUT2D eigenvalue weighted by Crippen LogP contribution is 2.29. The molecule has 0 atom stereocenters. The van der Waals surface area contributed by atoms with Gasteiger partial charge in [0.05, 0.1) is 11.1 Å². The van der Waals surface area contributed by atoms with E-state index in [9.17, 15) is 14.7 Å². The maximum atomic E-state index is 13.0. The molecular formula is C21H22N4O4. The summed E-state index contributed by atoms with van der Waals surface area (Å²) in [4.78, 5) is 38.8. The van der Waals surface area contributed by atoms with Gasteiger partial charge in [-0.1, -0.05) is 37.6 Å². The molecular weight excluding hydrogens is 372 g/mol. The number of hydrogen-bond acceptors (Lipinski definition) is 6. The third-order valence-electron chi connectivity index (χ3n) is 5.13. The number of benzene rings is 1. The number of hydrogen-bond donors (Lipinski definition) is 2. The lowest BCUT2D eigenvalue weighted by Crippen LogP contribution is -2.35. The molecule has 1 aliphatic carbocycles. The van der Waals surface area contributed by atoms with Gasteiger partial charge in [0, 0.05) is 12.2 Å². The topological polar surface area (TPSA) is 106 Å². The highest BCUT2D eigenvalue weighted by Gasteiger charge is 2.28. The van der Waals surface area contributed by atoms with E-state index in [2.05, 4.69) is 27.4 Å². The van der Waals surface area contributed by atoms with Crippen LogP contribution in [0.4, 0.5) is 5.69 Å². The summed E-state index contributed by atoms with van der Waals surface area (Å²) >= 11 is 0. The number of fused-ring (bicyclic) bond motifs is 2. The summed E-state index contributed by atoms with van der Waals surface area (Å²) in [5, 5.41) is 13.5. The number of nitrogens with one attached hydrogen (secondary N) is 1. The lowest BCUT2D eigenvalue weighted by molar-refractivity contribution is 0.0682. The second-order valence-electron chi connectivity index (χ2n) is 7.12. The van der Waals surface area contributed by atoms with Crippen LogP contribution >= 0.6 is 0 Å². The first-order valence-electron chi connectivity index (χ1n) is 9.68. The van der Waals surface area contributed by atoms with Crippen molar-refractivity contribution in [3.63, 3.8) is 0 Å². The number of aromatic nitrogens is 3. The zero-order valence-electron chi connectivity index (χ0n) is 16.1. The number of carboxylic acids is 1. The molecule has 29 heavy (non-hydrogen) atoms. The fourth-order valence-electron chi connectivity index (χ4n) is 3.73. The van der Waals surface area contributed by atoms with Gasteiger partial charge in [-0.25, -0.2) is 14.8 Å². The van der Waals surface area contributed by atoms with Crippen molar-refractivity contribution in [2.45, 2.75) is 38.6 Å². The van der Waals surface area contributed by atoms with Crippen LogP contribution in [0.25, 0.3) is 11.0 Å². The van der Waals surface area contributed by atoms with Gasteiger partial charge in [-0.15, -0.1) is 4.73 Å². The quantitative estimate of drug-likeness (QED) is 0.592. The number of anilines is 1. The van der Waals surface area contributed by atoms with Crippen LogP contribution in [-0.4, -0.2) is 38.4 Å². The average Bonchev–Trinajstić information content (AvgIpc) is 3.12. The van der Waals surface area contributed by atoms with Crippen molar-refractivity contribution in [2.24, 2.45) is 0 Å². The van der Waals surface area contributed by atoms with Crippen LogP contribution in [0.3, 0.4) is 0 Å². The number of pyridine rings is 1. The zero-order valence-corrected chi connectivity index (χ0v) is 16.1. The molecule has 0 aliphatic heterocycles. The second-order valence-corrected chi connectivity index (χ2v) is 7.12. The molecule has 8 heteroatoms. The first kappa shape index (κ1) is 18.9. The van der Waals surface area contributed by atoms with Crippen molar-refractivity contribution in [1.29, 1.82) is 0 Å². The molecule has 0 spiro atoms. The summed E-state index contributed by atoms with van der Waals surface area (Å²) < 4.78 is 0.977. The smallest absolute Gasteiger partial charge is 0.343 e. The molecule has 2 heterocycles. The fraction of sp³-hybridized carbons (Fsp3) is 0.333. The molecule has 0 amide bonds. The molecule has 0 radical (unpaired) electrons. The Hall–Kier alpha value is -3.42. The molecule has 4 rings (SSSR count). The number of carboxylic acid groups (broad SMARTS) is 1. The van der Waals surface area contributed by atoms with E-state index in [4.69, 9.17) is 4.84 Å². The highest BCUT2D eigenvalue weighted by molar-refractivity contribution is 6.03. The molecule has 0 saturated heterocycles. The third-order valence-corrected chi connectivity index (χ3v) is 5.13. The van der Waals surface area contributed by atoms with Crippen LogP contribution in [0, 0.1) is 0 Å². The molecule has 8 nitrogen and oxygen atoms in total. The van der Waals surface area contributed by atoms with Gasteiger partial charge >= 0.3 is 11.5 Å². The summed E-state index contributed by atoms with van der Waals surface area (Å²) in [6.45, 7) is 2.29. The summed E-state index contributed by atoms with van der Waals surface area (Å²) in [6, 6.07) is 8.08. The van der Waals surface area contributed by atoms with Gasteiger partial charge < -0.3 is 15.3 Å². The van der Waals surface area contributed by atoms with Gasteiger partial charge in [0.1, 0.15) is 12.9 Å². The molecule has 1 aliphatic rings. The molecule has 0 saturated carbocycles. The minimum absolute atomic E-state index is 0.0230. The number of aromatic carboxylic acids is 1. The van der Waals surface area contributed by atoms with Gasteiger partial charge in [-0.05, 0) is 30.4 Å². The Kier molecular flexibility index (Phi) is 5.16. The van der Waals surface area contributed by atoms with Gasteiger partial charge in [-0.2, -0.15) is 0 Å². The number of carbonyl (C=O) groups is 1. The van der Waals surface area contributed by atoms with Crippen molar-refractivity contribution < 1.29 is 14.7 Å². The SMILES string of the molecule is CCCCOn1c(=O)c(C(=O)O)c(NC2Cc3ccccc3C2)c2cncnc21. The monoisotopic (exact) mass is 394 g/mol. The number of nitrogens with zero attached hydrogens (tertiary/aromatic N) is 3. The molecule has 0 unspecified atom stereocenters. The van der Waals surface area contributed by atoms with Crippen LogP contribution < -0.4 is 15.7 Å². The maximum Gasteiger partial charge on any atom is 0.343 e. The van der Waals surface area contributed by atoms with Crippen LogP contribution in [0.2, 0.25) is 0 Å². The summed E-state index contributed by atoms with van der Waals surface area (Å²) in [7, 11) is 0. The second kappa shape index (κ2) is 7.90. The Morgan fingerprint density at radius 1 is 1.31 bits per heavy atom. The minimum atomic E-state index is -1.31. The summed E-state index contributed by atoms with van der Waals surface area (Å²) in [5.41, 5.74) is 1.84. The fourth-order valence-corrected chi connectivity index (χ4v) is 3.73. The van der Waals surface area contributed by atoms with Crippen LogP contribution in [-0.2, 0) is 12.8 Å². The molecule has 2 aromatic heterocycles. The molecule has 3 aromatic rings. The molecule has 150 valence electrons. The van der Waals surface area contributed by atoms with Gasteiger partial charge in [0.25, 0.3) is 0 Å². The molecule has 0 fully saturated rings. The van der Waals surface area contributed by atoms with Crippen LogP contribution in [0.15, 0.2) is 41.6 Å². The Balaban J connectivity index is 1.79. The standard InChI is InChI=1S/C21H22N4O4/c1-2-3-8-29-25-19-16(11-22-12-23-19)18(17(20(25)26)21(27)28)24-15-9-13-6-4-5-7-14(13)10-15/h4-7,11-12,15,24H,2-3,8-10H2,1H3,(H,27,28). The lowest BCUT2D eigenvalue weighted by atomic mass is 10.1. The zero-order chi connectivity index (χ0) is 20.4. The Labute approximate surface area is 167 Å². The van der Waals surface area contributed by atoms with E-state index < -0.39 is 11.5 Å². The maximum absolute atomic E-state index is 13.0. The summed E-state index contributed by atoms with van der Waals surface area (Å²) in [6.07, 6.45) is 5.95. The van der Waals surface area contributed by atoms with E-state index in [1.807, 2.05) is 19.1 Å². The third kappa shape index (κ3) is 3.53. The van der Waals surface area contributed by atoms with Gasteiger partial charge in [0.15, 0.2) is 11.2 Å². The predicted octanol–water partition coefficient (Wildman–Crippen LogP) is 2.30. The van der Waals surface area contributed by atoms with E-state index in [0.717, 1.165) is 30.4 Å². The van der Waals surface area contributed by atoms with Crippen molar-refractivity contribution in [1.82, 2.24) is 14.7 Å². The largest absolute Gasteiger partial charge is 0.477 e. The van der Waals surface area contributed by atoms with E-state index in [1.165, 1.54) is 23.7 Å². The van der Waals surface area contributed by atoms with E-state index >= 15 is 0 Å². The van der Waals surface area contributed by atoms with E-state index in [1.54, 1.807) is 0 Å². The number of rotatable bonds is 7. The van der Waals surface area contributed by atoms with Crippen molar-refractivity contribution in [3.05, 3.63) is 63.8 Å². The van der Waals surface area contributed by atoms with Crippen LogP contribution in [0.5, 0.6) is 0 Å². The Bertz CT molecular complexity index is 1100. The first-order chi connectivity index (χ1) is 14.1. The Morgan fingerprint density at radius 2 is 2.03 bits per heavy atom. The molecule has 0 bridgehead atoms. The lowest BCUT2D eigenvalue weighted by Gasteiger charge is -2.19. The molecule has 2 N–H and O–H groups in total. The molecule has 1 aromatic carbocycles. The van der Waals surface area contributed by atoms with Gasteiger partial charge in [-0.3, -0.25) is 4.79 Å².